The second-order valence-electron chi connectivity index (χ2n) is 3.47. The number of carbonyl (C=O) groups excluding carboxylic acids is 1. The van der Waals surface area contributed by atoms with E-state index in [0.29, 0.717) is 25.6 Å². The van der Waals surface area contributed by atoms with Crippen molar-refractivity contribution in [2.75, 3.05) is 19.7 Å². The minimum Gasteiger partial charge on any atom is -0.448 e. The van der Waals surface area contributed by atoms with Crippen molar-refractivity contribution in [1.29, 1.82) is 0 Å². The van der Waals surface area contributed by atoms with Crippen molar-refractivity contribution in [2.24, 2.45) is 11.7 Å². The lowest BCUT2D eigenvalue weighted by Crippen LogP contribution is -2.41. The molecule has 0 aromatic rings. The summed E-state index contributed by atoms with van der Waals surface area (Å²) in [6.45, 7) is 5.89. The molecule has 1 rings (SSSR count). The second-order valence-corrected chi connectivity index (χ2v) is 3.47. The maximum Gasteiger partial charge on any atom is 0.409 e. The van der Waals surface area contributed by atoms with Crippen LogP contribution in [0.2, 0.25) is 0 Å². The number of rotatable bonds is 3. The quantitative estimate of drug-likeness (QED) is 0.671. The fourth-order valence-corrected chi connectivity index (χ4v) is 1.06. The molecular formula is C8H16N2O2. The number of carbonyl (C=O) groups is 1. The minimum absolute atomic E-state index is 0.0515. The molecule has 4 nitrogen and oxygen atoms in total. The van der Waals surface area contributed by atoms with Crippen LogP contribution in [-0.4, -0.2) is 36.7 Å². The van der Waals surface area contributed by atoms with Crippen LogP contribution >= 0.6 is 0 Å². The van der Waals surface area contributed by atoms with Gasteiger partial charge in [0.1, 0.15) is 6.61 Å². The molecule has 4 heteroatoms. The largest absolute Gasteiger partial charge is 0.448 e. The van der Waals surface area contributed by atoms with Gasteiger partial charge < -0.3 is 15.4 Å². The molecule has 0 bridgehead atoms. The van der Waals surface area contributed by atoms with Gasteiger partial charge in [-0.25, -0.2) is 4.79 Å². The minimum atomic E-state index is -0.230. The molecule has 1 heterocycles. The van der Waals surface area contributed by atoms with Gasteiger partial charge in [0.05, 0.1) is 6.54 Å². The molecule has 0 spiro atoms. The Balaban J connectivity index is 2.35. The molecule has 0 saturated carbocycles. The Hall–Kier alpha value is -0.770. The average Bonchev–Trinajstić information content (AvgIpc) is 2.36. The van der Waals surface area contributed by atoms with E-state index in [1.165, 1.54) is 0 Å². The summed E-state index contributed by atoms with van der Waals surface area (Å²) in [6, 6.07) is 0.0515. The third-order valence-electron chi connectivity index (χ3n) is 2.13. The van der Waals surface area contributed by atoms with Gasteiger partial charge in [-0.2, -0.15) is 0 Å². The number of nitrogens with zero attached hydrogens (tertiary/aromatic N) is 1. The van der Waals surface area contributed by atoms with Crippen LogP contribution < -0.4 is 5.73 Å². The van der Waals surface area contributed by atoms with Crippen molar-refractivity contribution in [1.82, 2.24) is 4.90 Å². The predicted molar refractivity (Wildman–Crippen MR) is 45.7 cm³/mol. The van der Waals surface area contributed by atoms with E-state index < -0.39 is 0 Å². The van der Waals surface area contributed by atoms with Gasteiger partial charge in [0.2, 0.25) is 0 Å². The van der Waals surface area contributed by atoms with Gasteiger partial charge in [-0.1, -0.05) is 13.8 Å². The van der Waals surface area contributed by atoms with Crippen LogP contribution in [0.25, 0.3) is 0 Å². The Morgan fingerprint density at radius 1 is 1.67 bits per heavy atom. The number of nitrogens with two attached hydrogens (primary N) is 1. The summed E-state index contributed by atoms with van der Waals surface area (Å²) in [5.41, 5.74) is 5.81. The summed E-state index contributed by atoms with van der Waals surface area (Å²) < 4.78 is 4.78. The van der Waals surface area contributed by atoms with E-state index in [4.69, 9.17) is 10.5 Å². The fourth-order valence-electron chi connectivity index (χ4n) is 1.06. The highest BCUT2D eigenvalue weighted by atomic mass is 16.6. The van der Waals surface area contributed by atoms with E-state index >= 15 is 0 Å². The molecular weight excluding hydrogens is 156 g/mol. The van der Waals surface area contributed by atoms with Crippen molar-refractivity contribution >= 4 is 6.09 Å². The molecule has 1 fully saturated rings. The molecule has 2 N–H and O–H groups in total. The molecule has 0 aliphatic carbocycles. The van der Waals surface area contributed by atoms with Gasteiger partial charge in [0, 0.05) is 12.6 Å². The highest BCUT2D eigenvalue weighted by Gasteiger charge is 2.24. The highest BCUT2D eigenvalue weighted by molar-refractivity contribution is 5.69. The maximum atomic E-state index is 11.0. The summed E-state index contributed by atoms with van der Waals surface area (Å²) in [4.78, 5) is 12.6. The molecule has 1 amide bonds. The lowest BCUT2D eigenvalue weighted by molar-refractivity contribution is 0.155. The number of amides is 1. The normalized spacial score (nSPS) is 20.0. The number of ether oxygens (including phenoxy) is 1. The van der Waals surface area contributed by atoms with Crippen LogP contribution in [0.3, 0.4) is 0 Å². The summed E-state index contributed by atoms with van der Waals surface area (Å²) >= 11 is 0. The Bertz CT molecular complexity index is 170. The van der Waals surface area contributed by atoms with Gasteiger partial charge in [0.25, 0.3) is 0 Å². The molecule has 1 atom stereocenters. The third-order valence-corrected chi connectivity index (χ3v) is 2.13. The number of hydrogen-bond donors (Lipinski definition) is 1. The topological polar surface area (TPSA) is 55.6 Å². The molecule has 12 heavy (non-hydrogen) atoms. The smallest absolute Gasteiger partial charge is 0.409 e. The molecule has 70 valence electrons. The Kier molecular flexibility index (Phi) is 2.92. The van der Waals surface area contributed by atoms with Gasteiger partial charge >= 0.3 is 6.09 Å². The van der Waals surface area contributed by atoms with E-state index in [1.54, 1.807) is 4.90 Å². The average molecular weight is 172 g/mol. The highest BCUT2D eigenvalue weighted by Crippen LogP contribution is 2.07. The van der Waals surface area contributed by atoms with Crippen LogP contribution in [0.5, 0.6) is 0 Å². The third kappa shape index (κ3) is 2.11. The summed E-state index contributed by atoms with van der Waals surface area (Å²) in [7, 11) is 0. The monoisotopic (exact) mass is 172 g/mol. The molecule has 1 saturated heterocycles. The van der Waals surface area contributed by atoms with Crippen molar-refractivity contribution in [3.63, 3.8) is 0 Å². The zero-order chi connectivity index (χ0) is 9.14. The van der Waals surface area contributed by atoms with Crippen LogP contribution in [0.15, 0.2) is 0 Å². The number of hydrogen-bond acceptors (Lipinski definition) is 3. The zero-order valence-electron chi connectivity index (χ0n) is 7.62. The first-order valence-corrected chi connectivity index (χ1v) is 4.28. The summed E-state index contributed by atoms with van der Waals surface area (Å²) in [5, 5.41) is 0. The molecule has 0 unspecified atom stereocenters. The lowest BCUT2D eigenvalue weighted by Gasteiger charge is -2.20. The predicted octanol–water partition coefficient (Wildman–Crippen LogP) is 0.422. The Labute approximate surface area is 72.7 Å². The van der Waals surface area contributed by atoms with Crippen molar-refractivity contribution in [3.05, 3.63) is 0 Å². The second kappa shape index (κ2) is 3.76. The zero-order valence-corrected chi connectivity index (χ0v) is 7.62. The fraction of sp³-hybridized carbons (Fsp3) is 0.875. The maximum absolute atomic E-state index is 11.0. The van der Waals surface area contributed by atoms with Crippen molar-refractivity contribution in [3.8, 4) is 0 Å². The molecule has 0 aromatic carbocycles. The van der Waals surface area contributed by atoms with Crippen LogP contribution in [-0.2, 0) is 4.74 Å². The van der Waals surface area contributed by atoms with Gasteiger partial charge in [-0.15, -0.1) is 0 Å². The first kappa shape index (κ1) is 9.32. The van der Waals surface area contributed by atoms with E-state index in [9.17, 15) is 4.79 Å². The number of cyclic esters (lactones) is 1. The van der Waals surface area contributed by atoms with Gasteiger partial charge in [0.15, 0.2) is 0 Å². The SMILES string of the molecule is CC(C)[C@H](N)CN1CCOC1=O. The summed E-state index contributed by atoms with van der Waals surface area (Å²) in [6.07, 6.45) is -0.230. The van der Waals surface area contributed by atoms with Crippen LogP contribution in [0.1, 0.15) is 13.8 Å². The van der Waals surface area contributed by atoms with Crippen molar-refractivity contribution in [2.45, 2.75) is 19.9 Å². The summed E-state index contributed by atoms with van der Waals surface area (Å²) in [5.74, 6) is 0.401. The first-order chi connectivity index (χ1) is 5.61. The van der Waals surface area contributed by atoms with E-state index in [-0.39, 0.29) is 12.1 Å². The molecule has 1 aliphatic heterocycles. The standard InChI is InChI=1S/C8H16N2O2/c1-6(2)7(9)5-10-3-4-12-8(10)11/h6-7H,3-5,9H2,1-2H3/t7-/m1/s1. The first-order valence-electron chi connectivity index (χ1n) is 4.28. The Morgan fingerprint density at radius 3 is 2.75 bits per heavy atom. The molecule has 1 aliphatic rings. The van der Waals surface area contributed by atoms with Crippen LogP contribution in [0.4, 0.5) is 4.79 Å². The lowest BCUT2D eigenvalue weighted by atomic mass is 10.1. The van der Waals surface area contributed by atoms with E-state index in [2.05, 4.69) is 0 Å². The Morgan fingerprint density at radius 2 is 2.33 bits per heavy atom. The van der Waals surface area contributed by atoms with Gasteiger partial charge in [-0.05, 0) is 5.92 Å². The van der Waals surface area contributed by atoms with E-state index in [1.807, 2.05) is 13.8 Å². The molecule has 0 aromatic heterocycles. The van der Waals surface area contributed by atoms with Crippen molar-refractivity contribution < 1.29 is 9.53 Å². The van der Waals surface area contributed by atoms with E-state index in [0.717, 1.165) is 0 Å². The van der Waals surface area contributed by atoms with Crippen LogP contribution in [0, 0.1) is 5.92 Å². The molecule has 0 radical (unpaired) electrons. The van der Waals surface area contributed by atoms with Gasteiger partial charge in [-0.3, -0.25) is 0 Å².